The van der Waals surface area contributed by atoms with Gasteiger partial charge in [-0.15, -0.1) is 0 Å². The summed E-state index contributed by atoms with van der Waals surface area (Å²) in [6.45, 7) is 5.70. The van der Waals surface area contributed by atoms with E-state index in [1.807, 2.05) is 0 Å². The molecule has 10 heterocycles. The molecule has 10 fully saturated rings. The molecule has 10 aliphatic rings. The molecule has 0 amide bonds. The summed E-state index contributed by atoms with van der Waals surface area (Å²) in [7, 11) is 1.63. The Balaban J connectivity index is 2.06. The third kappa shape index (κ3) is 0.0366. The first-order chi connectivity index (χ1) is 6.72. The number of hydrogen-bond donors (Lipinski definition) is 0. The van der Waals surface area contributed by atoms with Crippen LogP contribution in [0.3, 0.4) is 0 Å². The van der Waals surface area contributed by atoms with E-state index in [4.69, 9.17) is 0 Å². The number of hydrogen-bond acceptors (Lipinski definition) is 0. The summed E-state index contributed by atoms with van der Waals surface area (Å²) in [6.07, 6.45) is 0. The van der Waals surface area contributed by atoms with E-state index in [9.17, 15) is 0 Å². The molecule has 0 aliphatic carbocycles. The predicted octanol–water partition coefficient (Wildman–Crippen LogP) is 3.24. The minimum absolute atomic E-state index is 1.07. The van der Waals surface area contributed by atoms with Gasteiger partial charge in [0.15, 0.2) is 0 Å². The van der Waals surface area contributed by atoms with E-state index in [0.717, 1.165) is 12.9 Å². The van der Waals surface area contributed by atoms with Crippen LogP contribution in [0.25, 0.3) is 0 Å². The summed E-state index contributed by atoms with van der Waals surface area (Å²) in [5.74, 6) is 0. The van der Waals surface area contributed by atoms with E-state index in [0.29, 0.717) is 0 Å². The van der Waals surface area contributed by atoms with E-state index in [2.05, 4.69) is 20.8 Å². The van der Waals surface area contributed by atoms with Crippen LogP contribution in [0.5, 0.6) is 0 Å². The molecule has 10 rings (SSSR count). The molecule has 0 saturated carbocycles. The van der Waals surface area contributed by atoms with Gasteiger partial charge in [0.2, 0.25) is 0 Å². The average molecular weight is 258 g/mol. The molecule has 10 aliphatic heterocycles. The van der Waals surface area contributed by atoms with Crippen LogP contribution in [0.1, 0.15) is 20.8 Å². The van der Waals surface area contributed by atoms with Crippen molar-refractivity contribution in [3.63, 3.8) is 0 Å². The summed E-state index contributed by atoms with van der Waals surface area (Å²) in [5, 5.41) is 0. The van der Waals surface area contributed by atoms with Crippen molar-refractivity contribution in [3.8, 4) is 0 Å². The van der Waals surface area contributed by atoms with Crippen LogP contribution in [-0.4, -0.2) is 10.2 Å². The van der Waals surface area contributed by atoms with Crippen LogP contribution >= 0.6 is 0 Å². The fraction of sp³-hybridized carbons (Fsp3) is 1.00. The van der Waals surface area contributed by atoms with Gasteiger partial charge >= 0.3 is 83.3 Å². The maximum atomic E-state index is 2.87. The summed E-state index contributed by atoms with van der Waals surface area (Å²) in [6, 6.07) is 0. The van der Waals surface area contributed by atoms with Crippen molar-refractivity contribution < 1.29 is 6.51 Å². The molecule has 0 radical (unpaired) electrons. The molecular weight excluding hydrogens is 240 g/mol. The zero-order valence-corrected chi connectivity index (χ0v) is 12.9. The second kappa shape index (κ2) is 0.361. The first-order valence-corrected chi connectivity index (χ1v) is 14.0. The second-order valence-electron chi connectivity index (χ2n) is 11.3. The second-order valence-corrected chi connectivity index (χ2v) is 37.5. The van der Waals surface area contributed by atoms with Crippen molar-refractivity contribution in [2.75, 3.05) is 0 Å². The van der Waals surface area contributed by atoms with Crippen LogP contribution in [0.15, 0.2) is 0 Å². The predicted molar refractivity (Wildman–Crippen MR) is 60.2 cm³/mol. The van der Waals surface area contributed by atoms with Crippen molar-refractivity contribution >= 4 is 10.2 Å². The zero-order chi connectivity index (χ0) is 9.78. The SMILES string of the molecule is C[C]12[CH]3[C]4([SiH3])[C]5(C)[C]1(C)[Fe]32451678[CH]2[CH]1[CH]6[CH]7[CH]28. The molecule has 5 atom stereocenters. The van der Waals surface area contributed by atoms with Gasteiger partial charge in [-0.2, -0.15) is 0 Å². The first kappa shape index (κ1) is 5.58. The molecule has 15 heavy (non-hydrogen) atoms. The van der Waals surface area contributed by atoms with E-state index in [-0.39, 0.29) is 0 Å². The standard InChI is InChI=1S/C8H13Si.C5H5.Fe/c1-5-4-8(9)7(3)6(5)2;1-2-4-5-3-1;/h4H,1-3,9H3;1-5H;. The van der Waals surface area contributed by atoms with Crippen molar-refractivity contribution in [2.45, 2.75) is 66.5 Å². The van der Waals surface area contributed by atoms with Crippen LogP contribution in [0.2, 0.25) is 45.8 Å². The van der Waals surface area contributed by atoms with Gasteiger partial charge < -0.3 is 0 Å². The van der Waals surface area contributed by atoms with Crippen molar-refractivity contribution in [1.82, 2.24) is 0 Å². The fourth-order valence-corrected chi connectivity index (χ4v) is 125. The van der Waals surface area contributed by atoms with E-state index in [1.165, 1.54) is 32.8 Å². The van der Waals surface area contributed by atoms with Gasteiger partial charge in [0.25, 0.3) is 0 Å². The van der Waals surface area contributed by atoms with Crippen molar-refractivity contribution in [2.24, 2.45) is 0 Å². The molecule has 0 aromatic rings. The topological polar surface area (TPSA) is 0 Å². The van der Waals surface area contributed by atoms with Gasteiger partial charge in [0.05, 0.1) is 0 Å². The Hall–Kier alpha value is 0.736. The first-order valence-electron chi connectivity index (χ1n) is 6.93. The molecule has 0 bridgehead atoms. The molecular formula is C13H18FeSi. The Labute approximate surface area is 83.3 Å². The number of fused-ring (bicyclic) bond motifs is 10. The molecule has 82 valence electrons. The Morgan fingerprint density at radius 1 is 0.867 bits per heavy atom. The molecule has 0 N–H and O–H groups in total. The Bertz CT molecular complexity index is 937. The van der Waals surface area contributed by atoms with Crippen molar-refractivity contribution in [1.29, 1.82) is 0 Å². The van der Waals surface area contributed by atoms with E-state index in [1.54, 1.807) is 10.2 Å². The summed E-state index contributed by atoms with van der Waals surface area (Å²) in [5.41, 5.74) is 0. The van der Waals surface area contributed by atoms with Crippen LogP contribution in [0, 0.1) is 0 Å². The molecule has 0 nitrogen and oxygen atoms in total. The monoisotopic (exact) mass is 258 g/mol. The van der Waals surface area contributed by atoms with Crippen molar-refractivity contribution in [3.05, 3.63) is 0 Å². The van der Waals surface area contributed by atoms with Gasteiger partial charge in [-0.05, 0) is 0 Å². The van der Waals surface area contributed by atoms with Crippen LogP contribution in [0.4, 0.5) is 0 Å². The number of rotatable bonds is 0. The third-order valence-corrected chi connectivity index (χ3v) is 77.3. The normalized spacial score (nSPS) is 149. The van der Waals surface area contributed by atoms with Gasteiger partial charge in [-0.3, -0.25) is 0 Å². The van der Waals surface area contributed by atoms with Gasteiger partial charge in [-0.25, -0.2) is 0 Å². The summed E-state index contributed by atoms with van der Waals surface area (Å²) in [4.78, 5) is 8.97. The van der Waals surface area contributed by atoms with Gasteiger partial charge in [-0.1, -0.05) is 0 Å². The molecule has 2 heteroatoms. The Kier molecular flexibility index (Phi) is 0.134. The third-order valence-electron chi connectivity index (χ3n) is 18.4. The quantitative estimate of drug-likeness (QED) is 0.585. The Morgan fingerprint density at radius 3 is 1.33 bits per heavy atom. The fourth-order valence-electron chi connectivity index (χ4n) is 21.8. The molecule has 1 spiro atoms. The van der Waals surface area contributed by atoms with Gasteiger partial charge in [0, 0.05) is 0 Å². The van der Waals surface area contributed by atoms with E-state index >= 15 is 0 Å². The summed E-state index contributed by atoms with van der Waals surface area (Å²) >= 11 is 0. The Morgan fingerprint density at radius 2 is 1.33 bits per heavy atom. The minimum atomic E-state index is -2.89. The maximum absolute atomic E-state index is 2.89. The zero-order valence-electron chi connectivity index (χ0n) is 9.82. The van der Waals surface area contributed by atoms with Crippen LogP contribution < -0.4 is 0 Å². The average Bonchev–Trinajstić information content (AvgIpc) is 3.14. The van der Waals surface area contributed by atoms with E-state index < -0.39 is 6.51 Å². The molecule has 5 unspecified atom stereocenters. The molecule has 10 saturated heterocycles. The molecule has 0 aromatic heterocycles. The summed E-state index contributed by atoms with van der Waals surface area (Å²) < 4.78 is 4.44. The van der Waals surface area contributed by atoms with Crippen LogP contribution in [-0.2, 0) is 6.51 Å². The molecule has 0 aromatic carbocycles. The van der Waals surface area contributed by atoms with Gasteiger partial charge in [0.1, 0.15) is 0 Å².